The molecule has 0 saturated carbocycles. The van der Waals surface area contributed by atoms with Crippen LogP contribution in [0.15, 0.2) is 202 Å². The fourth-order valence-electron chi connectivity index (χ4n) is 8.81. The van der Waals surface area contributed by atoms with Crippen LogP contribution < -0.4 is 9.80 Å². The molecule has 13 rings (SSSR count). The van der Waals surface area contributed by atoms with Crippen molar-refractivity contribution in [2.45, 2.75) is 0 Å². The number of hydrogen-bond donors (Lipinski definition) is 0. The molecule has 0 aliphatic carbocycles. The molecular weight excluding hydrogens is 755 g/mol. The Morgan fingerprint density at radius 3 is 1.41 bits per heavy atom. The smallest absolute Gasteiger partial charge is 0.248 e. The molecule has 0 aliphatic rings. The van der Waals surface area contributed by atoms with E-state index in [2.05, 4.69) is 143 Å². The summed E-state index contributed by atoms with van der Waals surface area (Å²) in [7, 11) is 0. The number of rotatable bonds is 6. The Kier molecular flexibility index (Phi) is 7.14. The lowest BCUT2D eigenvalue weighted by molar-refractivity contribution is 0.652. The quantitative estimate of drug-likeness (QED) is 0.165. The number of aromatic nitrogens is 3. The van der Waals surface area contributed by atoms with E-state index >= 15 is 0 Å². The lowest BCUT2D eigenvalue weighted by Gasteiger charge is -2.24. The summed E-state index contributed by atoms with van der Waals surface area (Å²) >= 11 is 0. The number of furan rings is 3. The number of nitrogens with zero attached hydrogens (tertiary/aromatic N) is 5. The summed E-state index contributed by atoms with van der Waals surface area (Å²) in [6.45, 7) is 0. The normalized spacial score (nSPS) is 11.9. The van der Waals surface area contributed by atoms with Gasteiger partial charge in [0.15, 0.2) is 5.82 Å². The van der Waals surface area contributed by atoms with Crippen LogP contribution in [0.3, 0.4) is 0 Å². The maximum Gasteiger partial charge on any atom is 0.248 e. The van der Waals surface area contributed by atoms with Crippen molar-refractivity contribution in [2.24, 2.45) is 0 Å². The van der Waals surface area contributed by atoms with E-state index in [1.54, 1.807) is 6.20 Å². The molecule has 0 amide bonds. The molecule has 0 N–H and O–H groups in total. The minimum Gasteiger partial charge on any atom is -0.456 e. The van der Waals surface area contributed by atoms with Gasteiger partial charge in [-0.15, -0.1) is 0 Å². The second kappa shape index (κ2) is 13.0. The number of benzene rings is 8. The number of pyridine rings is 1. The fourth-order valence-corrected chi connectivity index (χ4v) is 8.81. The highest BCUT2D eigenvalue weighted by atomic mass is 16.3. The molecule has 0 saturated heterocycles. The first-order valence-electron chi connectivity index (χ1n) is 20.1. The standard InChI is InChI=1S/C53H31N5O3/c1-3-11-34-25-36(19-17-32(34)9-1)57(38-21-23-42-40-13-5-7-15-45(40)59-47(42)27-38)50-29-49-44(30-54-50)52-53(61-49)56-51(31-55-52)58(37-20-18-33-10-2-4-12-35(33)26-37)39-22-24-43-41-14-6-8-16-46(41)60-48(43)28-39/h1-31H. The van der Waals surface area contributed by atoms with Crippen LogP contribution in [0.4, 0.5) is 34.4 Å². The highest BCUT2D eigenvalue weighted by molar-refractivity contribution is 6.08. The van der Waals surface area contributed by atoms with E-state index in [0.29, 0.717) is 28.4 Å². The summed E-state index contributed by atoms with van der Waals surface area (Å²) in [5, 5.41) is 9.57. The van der Waals surface area contributed by atoms with Crippen LogP contribution in [-0.2, 0) is 0 Å². The van der Waals surface area contributed by atoms with Gasteiger partial charge in [-0.05, 0) is 82.2 Å². The monoisotopic (exact) mass is 785 g/mol. The summed E-state index contributed by atoms with van der Waals surface area (Å²) in [5.74, 6) is 1.27. The van der Waals surface area contributed by atoms with Crippen molar-refractivity contribution in [3.05, 3.63) is 188 Å². The largest absolute Gasteiger partial charge is 0.456 e. The van der Waals surface area contributed by atoms with Crippen molar-refractivity contribution < 1.29 is 13.3 Å². The molecule has 0 atom stereocenters. The lowest BCUT2D eigenvalue weighted by Crippen LogP contribution is -2.12. The Hall–Kier alpha value is -8.49. The van der Waals surface area contributed by atoms with Gasteiger partial charge in [-0.25, -0.2) is 9.97 Å². The fraction of sp³-hybridized carbons (Fsp3) is 0. The van der Waals surface area contributed by atoms with Gasteiger partial charge >= 0.3 is 0 Å². The van der Waals surface area contributed by atoms with E-state index in [1.165, 1.54) is 0 Å². The van der Waals surface area contributed by atoms with Gasteiger partial charge in [-0.2, -0.15) is 4.98 Å². The zero-order valence-electron chi connectivity index (χ0n) is 32.4. The van der Waals surface area contributed by atoms with Gasteiger partial charge in [0.1, 0.15) is 39.2 Å². The lowest BCUT2D eigenvalue weighted by atomic mass is 10.1. The van der Waals surface area contributed by atoms with E-state index in [9.17, 15) is 0 Å². The van der Waals surface area contributed by atoms with Crippen LogP contribution in [0.2, 0.25) is 0 Å². The molecule has 0 unspecified atom stereocenters. The molecule has 61 heavy (non-hydrogen) atoms. The van der Waals surface area contributed by atoms with Gasteiger partial charge in [0.25, 0.3) is 0 Å². The molecule has 0 aliphatic heterocycles. The molecule has 13 aromatic rings. The maximum atomic E-state index is 6.63. The Labute approximate surface area is 347 Å². The third kappa shape index (κ3) is 5.36. The maximum absolute atomic E-state index is 6.63. The third-order valence-corrected chi connectivity index (χ3v) is 11.7. The van der Waals surface area contributed by atoms with Crippen molar-refractivity contribution >= 4 is 122 Å². The van der Waals surface area contributed by atoms with Gasteiger partial charge in [0.2, 0.25) is 5.71 Å². The Bertz CT molecular complexity index is 3630. The molecular formula is C53H31N5O3. The molecule has 0 bridgehead atoms. The number of hydrogen-bond acceptors (Lipinski definition) is 8. The van der Waals surface area contributed by atoms with E-state index in [1.807, 2.05) is 48.7 Å². The van der Waals surface area contributed by atoms with Crippen LogP contribution in [0.1, 0.15) is 0 Å². The molecule has 8 nitrogen and oxygen atoms in total. The van der Waals surface area contributed by atoms with Gasteiger partial charge in [-0.3, -0.25) is 9.80 Å². The third-order valence-electron chi connectivity index (χ3n) is 11.7. The number of para-hydroxylation sites is 2. The highest BCUT2D eigenvalue weighted by Gasteiger charge is 2.22. The molecule has 286 valence electrons. The second-order valence-corrected chi connectivity index (χ2v) is 15.3. The first-order chi connectivity index (χ1) is 30.2. The minimum absolute atomic E-state index is 0.406. The van der Waals surface area contributed by atoms with Crippen LogP contribution in [0.5, 0.6) is 0 Å². The van der Waals surface area contributed by atoms with Crippen molar-refractivity contribution in [1.29, 1.82) is 0 Å². The van der Waals surface area contributed by atoms with Gasteiger partial charge in [0, 0.05) is 57.3 Å². The molecule has 8 heteroatoms. The number of fused-ring (bicyclic) bond motifs is 11. The summed E-state index contributed by atoms with van der Waals surface area (Å²) in [6.07, 6.45) is 3.63. The first kappa shape index (κ1) is 33.5. The van der Waals surface area contributed by atoms with Crippen molar-refractivity contribution in [1.82, 2.24) is 15.0 Å². The molecule has 0 radical (unpaired) electrons. The Morgan fingerprint density at radius 2 is 0.803 bits per heavy atom. The zero-order chi connectivity index (χ0) is 40.0. The summed E-state index contributed by atoms with van der Waals surface area (Å²) in [6, 6.07) is 60.3. The molecule has 0 fully saturated rings. The van der Waals surface area contributed by atoms with Crippen molar-refractivity contribution in [2.75, 3.05) is 9.80 Å². The highest BCUT2D eigenvalue weighted by Crippen LogP contribution is 2.42. The summed E-state index contributed by atoms with van der Waals surface area (Å²) in [4.78, 5) is 19.4. The molecule has 5 aromatic heterocycles. The van der Waals surface area contributed by atoms with Crippen LogP contribution in [-0.4, -0.2) is 15.0 Å². The predicted molar refractivity (Wildman–Crippen MR) is 246 cm³/mol. The summed E-state index contributed by atoms with van der Waals surface area (Å²) < 4.78 is 19.3. The Balaban J connectivity index is 0.961. The van der Waals surface area contributed by atoms with Gasteiger partial charge in [-0.1, -0.05) is 97.1 Å². The average Bonchev–Trinajstić information content (AvgIpc) is 3.99. The topological polar surface area (TPSA) is 84.6 Å². The van der Waals surface area contributed by atoms with Crippen LogP contribution in [0, 0.1) is 0 Å². The van der Waals surface area contributed by atoms with Crippen molar-refractivity contribution in [3.63, 3.8) is 0 Å². The van der Waals surface area contributed by atoms with Crippen LogP contribution >= 0.6 is 0 Å². The minimum atomic E-state index is 0.406. The van der Waals surface area contributed by atoms with Gasteiger partial charge in [0.05, 0.1) is 23.0 Å². The van der Waals surface area contributed by atoms with E-state index in [-0.39, 0.29) is 0 Å². The SMILES string of the molecule is c1ccc2cc(N(c3ccc4c(c3)oc3ccccc34)c3cc4oc5nc(N(c6ccc7ccccc7c6)c6ccc7c(c6)oc6ccccc67)cnc5c4cn3)ccc2c1. The van der Waals surface area contributed by atoms with Crippen LogP contribution in [0.25, 0.3) is 87.6 Å². The zero-order valence-corrected chi connectivity index (χ0v) is 32.4. The Morgan fingerprint density at radius 1 is 0.328 bits per heavy atom. The first-order valence-corrected chi connectivity index (χ1v) is 20.1. The number of anilines is 6. The molecule has 8 aromatic carbocycles. The second-order valence-electron chi connectivity index (χ2n) is 15.3. The summed E-state index contributed by atoms with van der Waals surface area (Å²) in [5.41, 5.74) is 8.58. The van der Waals surface area contributed by atoms with E-state index in [0.717, 1.165) is 93.6 Å². The van der Waals surface area contributed by atoms with E-state index in [4.69, 9.17) is 28.2 Å². The predicted octanol–water partition coefficient (Wildman–Crippen LogP) is 14.8. The van der Waals surface area contributed by atoms with Gasteiger partial charge < -0.3 is 13.3 Å². The molecule has 0 spiro atoms. The molecule has 5 heterocycles. The van der Waals surface area contributed by atoms with Crippen molar-refractivity contribution in [3.8, 4) is 0 Å². The average molecular weight is 786 g/mol. The van der Waals surface area contributed by atoms with E-state index < -0.39 is 0 Å².